The van der Waals surface area contributed by atoms with Gasteiger partial charge in [0.15, 0.2) is 5.41 Å². The van der Waals surface area contributed by atoms with E-state index in [-0.39, 0.29) is 11.5 Å². The van der Waals surface area contributed by atoms with E-state index in [0.717, 1.165) is 19.3 Å². The largest absolute Gasteiger partial charge is 0.447 e. The summed E-state index contributed by atoms with van der Waals surface area (Å²) < 4.78 is 26.0. The summed E-state index contributed by atoms with van der Waals surface area (Å²) in [5, 5.41) is 38.8. The van der Waals surface area contributed by atoms with Gasteiger partial charge in [0, 0.05) is 6.42 Å². The van der Waals surface area contributed by atoms with Crippen molar-refractivity contribution in [2.24, 2.45) is 16.7 Å². The highest BCUT2D eigenvalue weighted by molar-refractivity contribution is 5.89. The van der Waals surface area contributed by atoms with Crippen molar-refractivity contribution in [1.29, 1.82) is 21.2 Å². The lowest BCUT2D eigenvalue weighted by Gasteiger charge is -2.49. The van der Waals surface area contributed by atoms with E-state index in [0.29, 0.717) is 12.8 Å². The predicted molar refractivity (Wildman–Crippen MR) is 90.0 cm³/mol. The molecule has 0 amide bonds. The van der Waals surface area contributed by atoms with Crippen molar-refractivity contribution >= 4 is 5.90 Å². The third kappa shape index (κ3) is 1.97. The van der Waals surface area contributed by atoms with Crippen LogP contribution >= 0.6 is 0 Å². The summed E-state index contributed by atoms with van der Waals surface area (Å²) >= 11 is 0. The summed E-state index contributed by atoms with van der Waals surface area (Å²) in [4.78, 5) is 0. The molecule has 2 heterocycles. The molecule has 1 aliphatic carbocycles. The first-order valence-corrected chi connectivity index (χ1v) is 8.95. The SMILES string of the molecule is N#CC1(C#N)[C@@H](c2cccc(F)c2)O[C@]23CCCCC[C@@H]2[C@]1(C#N)C(=N)O3. The fourth-order valence-electron chi connectivity index (χ4n) is 5.01. The average molecular weight is 364 g/mol. The Bertz CT molecular complexity index is 929. The molecule has 0 unspecified atom stereocenters. The van der Waals surface area contributed by atoms with Crippen LogP contribution in [0.5, 0.6) is 0 Å². The Hall–Kier alpha value is -2.95. The van der Waals surface area contributed by atoms with Crippen LogP contribution in [-0.4, -0.2) is 11.7 Å². The fraction of sp³-hybridized carbons (Fsp3) is 0.500. The van der Waals surface area contributed by atoms with Crippen LogP contribution in [0.2, 0.25) is 0 Å². The minimum atomic E-state index is -2.01. The zero-order valence-corrected chi connectivity index (χ0v) is 14.5. The standard InChI is InChI=1S/C20H17FN4O2/c21-14-6-4-5-13(9-14)16-18(10-22,11-23)19(12-24)15-7-2-1-3-8-20(15,26-16)27-17(19)25/h4-6,9,15-16,25H,1-3,7-8H2/t15-,16-,19-,20+/m1/s1. The molecule has 3 aliphatic rings. The van der Waals surface area contributed by atoms with Gasteiger partial charge in [-0.05, 0) is 30.5 Å². The maximum atomic E-state index is 13.9. The number of nitriles is 3. The van der Waals surface area contributed by atoms with Gasteiger partial charge in [-0.2, -0.15) is 15.8 Å². The molecule has 4 atom stereocenters. The maximum Gasteiger partial charge on any atom is 0.217 e. The summed E-state index contributed by atoms with van der Waals surface area (Å²) in [6.07, 6.45) is 2.29. The van der Waals surface area contributed by atoms with E-state index < -0.39 is 34.5 Å². The number of hydrogen-bond acceptors (Lipinski definition) is 6. The first kappa shape index (κ1) is 17.5. The molecule has 1 aromatic carbocycles. The molecule has 2 aliphatic heterocycles. The van der Waals surface area contributed by atoms with E-state index in [1.54, 1.807) is 6.07 Å². The van der Waals surface area contributed by atoms with Gasteiger partial charge in [-0.25, -0.2) is 4.39 Å². The lowest BCUT2D eigenvalue weighted by Crippen LogP contribution is -2.59. The number of nitrogens with one attached hydrogen (secondary N) is 1. The smallest absolute Gasteiger partial charge is 0.217 e. The second-order valence-electron chi connectivity index (χ2n) is 7.40. The number of benzene rings is 1. The molecule has 2 saturated heterocycles. The van der Waals surface area contributed by atoms with Crippen LogP contribution in [0.15, 0.2) is 24.3 Å². The Morgan fingerprint density at radius 2 is 1.89 bits per heavy atom. The third-order valence-corrected chi connectivity index (χ3v) is 6.22. The molecule has 2 bridgehead atoms. The van der Waals surface area contributed by atoms with Crippen LogP contribution in [0.25, 0.3) is 0 Å². The van der Waals surface area contributed by atoms with Gasteiger partial charge in [0.2, 0.25) is 17.1 Å². The number of nitrogens with zero attached hydrogens (tertiary/aromatic N) is 3. The van der Waals surface area contributed by atoms with Crippen molar-refractivity contribution in [1.82, 2.24) is 0 Å². The fourth-order valence-corrected chi connectivity index (χ4v) is 5.01. The van der Waals surface area contributed by atoms with Gasteiger partial charge in [-0.15, -0.1) is 0 Å². The van der Waals surface area contributed by atoms with E-state index in [9.17, 15) is 20.2 Å². The molecule has 0 spiro atoms. The van der Waals surface area contributed by atoms with E-state index in [2.05, 4.69) is 6.07 Å². The van der Waals surface area contributed by atoms with Crippen molar-refractivity contribution in [3.05, 3.63) is 35.6 Å². The van der Waals surface area contributed by atoms with Gasteiger partial charge < -0.3 is 9.47 Å². The Morgan fingerprint density at radius 3 is 2.56 bits per heavy atom. The predicted octanol–water partition coefficient (Wildman–Crippen LogP) is 3.72. The number of halogens is 1. The van der Waals surface area contributed by atoms with Gasteiger partial charge in [0.1, 0.15) is 11.9 Å². The molecule has 0 radical (unpaired) electrons. The first-order chi connectivity index (χ1) is 13.0. The summed E-state index contributed by atoms with van der Waals surface area (Å²) in [7, 11) is 0. The molecular weight excluding hydrogens is 347 g/mol. The zero-order chi connectivity index (χ0) is 19.3. The van der Waals surface area contributed by atoms with E-state index in [1.807, 2.05) is 12.1 Å². The third-order valence-electron chi connectivity index (χ3n) is 6.22. The summed E-state index contributed by atoms with van der Waals surface area (Å²) in [5.41, 5.74) is -3.48. The summed E-state index contributed by atoms with van der Waals surface area (Å²) in [5.74, 6) is -2.75. The van der Waals surface area contributed by atoms with Gasteiger partial charge in [-0.1, -0.05) is 25.0 Å². The molecule has 1 saturated carbocycles. The normalized spacial score (nSPS) is 36.3. The zero-order valence-electron chi connectivity index (χ0n) is 14.5. The van der Waals surface area contributed by atoms with Crippen LogP contribution in [0.3, 0.4) is 0 Å². The van der Waals surface area contributed by atoms with Gasteiger partial charge in [0.05, 0.1) is 24.1 Å². The minimum Gasteiger partial charge on any atom is -0.447 e. The molecule has 4 rings (SSSR count). The molecule has 136 valence electrons. The Morgan fingerprint density at radius 1 is 1.11 bits per heavy atom. The molecule has 27 heavy (non-hydrogen) atoms. The topological polar surface area (TPSA) is 114 Å². The highest BCUT2D eigenvalue weighted by Gasteiger charge is 2.80. The lowest BCUT2D eigenvalue weighted by atomic mass is 9.52. The van der Waals surface area contributed by atoms with Crippen molar-refractivity contribution in [2.75, 3.05) is 0 Å². The molecule has 0 aromatic heterocycles. The maximum absolute atomic E-state index is 13.9. The van der Waals surface area contributed by atoms with Crippen LogP contribution in [-0.2, 0) is 9.47 Å². The summed E-state index contributed by atoms with van der Waals surface area (Å²) in [6, 6.07) is 11.6. The van der Waals surface area contributed by atoms with Crippen LogP contribution in [0.1, 0.15) is 43.8 Å². The number of ether oxygens (including phenoxy) is 2. The average Bonchev–Trinajstić information content (AvgIpc) is 2.80. The van der Waals surface area contributed by atoms with Gasteiger partial charge >= 0.3 is 0 Å². The molecule has 3 fully saturated rings. The first-order valence-electron chi connectivity index (χ1n) is 8.95. The van der Waals surface area contributed by atoms with Crippen LogP contribution < -0.4 is 0 Å². The Balaban J connectivity index is 2.01. The van der Waals surface area contributed by atoms with Crippen LogP contribution in [0, 0.1) is 62.0 Å². The van der Waals surface area contributed by atoms with Gasteiger partial charge in [-0.3, -0.25) is 5.41 Å². The Kier molecular flexibility index (Phi) is 3.74. The van der Waals surface area contributed by atoms with Crippen molar-refractivity contribution in [3.63, 3.8) is 0 Å². The van der Waals surface area contributed by atoms with E-state index in [1.165, 1.54) is 18.2 Å². The van der Waals surface area contributed by atoms with E-state index >= 15 is 0 Å². The van der Waals surface area contributed by atoms with E-state index in [4.69, 9.17) is 14.9 Å². The number of hydrogen-bond donors (Lipinski definition) is 1. The van der Waals surface area contributed by atoms with Crippen molar-refractivity contribution in [3.8, 4) is 18.2 Å². The van der Waals surface area contributed by atoms with Crippen molar-refractivity contribution in [2.45, 2.75) is 44.0 Å². The quantitative estimate of drug-likeness (QED) is 0.815. The molecule has 6 nitrogen and oxygen atoms in total. The van der Waals surface area contributed by atoms with Gasteiger partial charge in [0.25, 0.3) is 0 Å². The second kappa shape index (κ2) is 5.78. The molecule has 7 heteroatoms. The number of rotatable bonds is 1. The molecule has 1 aromatic rings. The lowest BCUT2D eigenvalue weighted by molar-refractivity contribution is -0.285. The van der Waals surface area contributed by atoms with Crippen molar-refractivity contribution < 1.29 is 13.9 Å². The monoisotopic (exact) mass is 364 g/mol. The second-order valence-corrected chi connectivity index (χ2v) is 7.40. The molecular formula is C20H17FN4O2. The highest BCUT2D eigenvalue weighted by atomic mass is 19.1. The summed E-state index contributed by atoms with van der Waals surface area (Å²) in [6.45, 7) is 0. The van der Waals surface area contributed by atoms with Crippen LogP contribution in [0.4, 0.5) is 4.39 Å². The minimum absolute atomic E-state index is 0.290. The Labute approximate surface area is 156 Å². The highest BCUT2D eigenvalue weighted by Crippen LogP contribution is 2.68. The molecule has 1 N–H and O–H groups in total.